The molecule has 3 rings (SSSR count). The zero-order valence-corrected chi connectivity index (χ0v) is 17.7. The molecule has 0 unspecified atom stereocenters. The van der Waals surface area contributed by atoms with Crippen molar-refractivity contribution in [3.05, 3.63) is 48.0 Å². The fraction of sp³-hybridized carbons (Fsp3) is 0.381. The standard InChI is InChI=1S/C21H26N2O5S/c1-15-6-9-18(10-7-15)29(25,26)23-12-4-5-16(14-23)21(24)22-19-13-17(27-2)8-11-20(19)28-3/h6-11,13,16H,4-5,12,14H2,1-3H3,(H,22,24)/t16-/m0/s1. The van der Waals surface area contributed by atoms with E-state index in [9.17, 15) is 13.2 Å². The third kappa shape index (κ3) is 4.71. The molecule has 1 aliphatic rings. The molecule has 156 valence electrons. The Morgan fingerprint density at radius 3 is 2.48 bits per heavy atom. The molecule has 0 bridgehead atoms. The van der Waals surface area contributed by atoms with Crippen LogP contribution < -0.4 is 14.8 Å². The van der Waals surface area contributed by atoms with Crippen LogP contribution in [0, 0.1) is 12.8 Å². The maximum Gasteiger partial charge on any atom is 0.243 e. The van der Waals surface area contributed by atoms with E-state index in [4.69, 9.17) is 9.47 Å². The molecule has 1 N–H and O–H groups in total. The van der Waals surface area contributed by atoms with Gasteiger partial charge in [0.2, 0.25) is 15.9 Å². The summed E-state index contributed by atoms with van der Waals surface area (Å²) in [6, 6.07) is 11.9. The Bertz CT molecular complexity index is 973. The summed E-state index contributed by atoms with van der Waals surface area (Å²) in [5.41, 5.74) is 1.49. The van der Waals surface area contributed by atoms with Crippen molar-refractivity contribution in [2.45, 2.75) is 24.7 Å². The molecule has 0 aromatic heterocycles. The number of piperidine rings is 1. The lowest BCUT2D eigenvalue weighted by Gasteiger charge is -2.31. The molecule has 1 amide bonds. The number of nitrogens with one attached hydrogen (secondary N) is 1. The second-order valence-corrected chi connectivity index (χ2v) is 9.01. The van der Waals surface area contributed by atoms with E-state index in [0.29, 0.717) is 36.6 Å². The summed E-state index contributed by atoms with van der Waals surface area (Å²) in [5, 5.41) is 2.86. The average molecular weight is 419 g/mol. The summed E-state index contributed by atoms with van der Waals surface area (Å²) in [7, 11) is -0.567. The summed E-state index contributed by atoms with van der Waals surface area (Å²) in [5.74, 6) is 0.424. The quantitative estimate of drug-likeness (QED) is 0.779. The van der Waals surface area contributed by atoms with E-state index in [0.717, 1.165) is 5.56 Å². The number of hydrogen-bond acceptors (Lipinski definition) is 5. The summed E-state index contributed by atoms with van der Waals surface area (Å²) < 4.78 is 37.8. The van der Waals surface area contributed by atoms with Crippen molar-refractivity contribution in [2.75, 3.05) is 32.6 Å². The summed E-state index contributed by atoms with van der Waals surface area (Å²) >= 11 is 0. The number of nitrogens with zero attached hydrogens (tertiary/aromatic N) is 1. The summed E-state index contributed by atoms with van der Waals surface area (Å²) in [6.07, 6.45) is 1.25. The molecule has 1 aliphatic heterocycles. The molecule has 1 heterocycles. The van der Waals surface area contributed by atoms with Crippen LogP contribution in [0.1, 0.15) is 18.4 Å². The number of ether oxygens (including phenoxy) is 2. The Labute approximate surface area is 171 Å². The van der Waals surface area contributed by atoms with Crippen LogP contribution >= 0.6 is 0 Å². The lowest BCUT2D eigenvalue weighted by molar-refractivity contribution is -0.120. The van der Waals surface area contributed by atoms with Gasteiger partial charge in [-0.1, -0.05) is 17.7 Å². The molecule has 0 saturated carbocycles. The number of hydrogen-bond donors (Lipinski definition) is 1. The predicted octanol–water partition coefficient (Wildman–Crippen LogP) is 3.05. The van der Waals surface area contributed by atoms with Crippen molar-refractivity contribution >= 4 is 21.6 Å². The molecule has 2 aromatic carbocycles. The van der Waals surface area contributed by atoms with Crippen molar-refractivity contribution in [1.82, 2.24) is 4.31 Å². The zero-order valence-electron chi connectivity index (χ0n) is 16.8. The Morgan fingerprint density at radius 1 is 1.10 bits per heavy atom. The Balaban J connectivity index is 1.75. The van der Waals surface area contributed by atoms with Crippen LogP contribution in [-0.2, 0) is 14.8 Å². The van der Waals surface area contributed by atoms with Gasteiger partial charge in [-0.15, -0.1) is 0 Å². The molecule has 8 heteroatoms. The van der Waals surface area contributed by atoms with E-state index in [2.05, 4.69) is 5.32 Å². The Kier molecular flexibility index (Phi) is 6.44. The highest BCUT2D eigenvalue weighted by Crippen LogP contribution is 2.31. The minimum Gasteiger partial charge on any atom is -0.497 e. The highest BCUT2D eigenvalue weighted by Gasteiger charge is 2.33. The monoisotopic (exact) mass is 418 g/mol. The first-order chi connectivity index (χ1) is 13.8. The highest BCUT2D eigenvalue weighted by atomic mass is 32.2. The molecule has 1 fully saturated rings. The molecule has 0 radical (unpaired) electrons. The van der Waals surface area contributed by atoms with Crippen LogP contribution in [0.4, 0.5) is 5.69 Å². The molecule has 1 saturated heterocycles. The molecule has 29 heavy (non-hydrogen) atoms. The lowest BCUT2D eigenvalue weighted by Crippen LogP contribution is -2.43. The fourth-order valence-electron chi connectivity index (χ4n) is 3.38. The first-order valence-corrected chi connectivity index (χ1v) is 10.9. The maximum atomic E-state index is 13.0. The second-order valence-electron chi connectivity index (χ2n) is 7.07. The number of amides is 1. The Morgan fingerprint density at radius 2 is 1.83 bits per heavy atom. The van der Waals surface area contributed by atoms with Crippen molar-refractivity contribution in [3.63, 3.8) is 0 Å². The molecule has 7 nitrogen and oxygen atoms in total. The van der Waals surface area contributed by atoms with Crippen LogP contribution in [0.5, 0.6) is 11.5 Å². The summed E-state index contributed by atoms with van der Waals surface area (Å²) in [6.45, 7) is 2.46. The van der Waals surface area contributed by atoms with Crippen LogP contribution in [0.2, 0.25) is 0 Å². The predicted molar refractivity (Wildman–Crippen MR) is 111 cm³/mol. The van der Waals surface area contributed by atoms with Gasteiger partial charge in [0.05, 0.1) is 30.7 Å². The molecule has 2 aromatic rings. The number of carbonyl (C=O) groups is 1. The number of aryl methyl sites for hydroxylation is 1. The summed E-state index contributed by atoms with van der Waals surface area (Å²) in [4.78, 5) is 13.1. The van der Waals surface area contributed by atoms with E-state index < -0.39 is 15.9 Å². The topological polar surface area (TPSA) is 84.9 Å². The molecule has 1 atom stereocenters. The molecule has 0 spiro atoms. The first-order valence-electron chi connectivity index (χ1n) is 9.45. The number of sulfonamides is 1. The van der Waals surface area contributed by atoms with E-state index in [1.807, 2.05) is 6.92 Å². The number of carbonyl (C=O) groups excluding carboxylic acids is 1. The van der Waals surface area contributed by atoms with Crippen molar-refractivity contribution < 1.29 is 22.7 Å². The van der Waals surface area contributed by atoms with Gasteiger partial charge >= 0.3 is 0 Å². The molecular weight excluding hydrogens is 392 g/mol. The number of methoxy groups -OCH3 is 2. The van der Waals surface area contributed by atoms with Crippen LogP contribution in [0.3, 0.4) is 0 Å². The van der Waals surface area contributed by atoms with E-state index in [-0.39, 0.29) is 17.3 Å². The third-order valence-electron chi connectivity index (χ3n) is 5.08. The molecule has 0 aliphatic carbocycles. The van der Waals surface area contributed by atoms with Crippen LogP contribution in [0.15, 0.2) is 47.4 Å². The minimum absolute atomic E-state index is 0.147. The largest absolute Gasteiger partial charge is 0.497 e. The normalized spacial score (nSPS) is 17.6. The van der Waals surface area contributed by atoms with Crippen molar-refractivity contribution in [2.24, 2.45) is 5.92 Å². The highest BCUT2D eigenvalue weighted by molar-refractivity contribution is 7.89. The third-order valence-corrected chi connectivity index (χ3v) is 6.96. The van der Waals surface area contributed by atoms with Gasteiger partial charge < -0.3 is 14.8 Å². The van der Waals surface area contributed by atoms with Gasteiger partial charge in [-0.05, 0) is 44.0 Å². The van der Waals surface area contributed by atoms with E-state index >= 15 is 0 Å². The van der Waals surface area contributed by atoms with Crippen molar-refractivity contribution in [1.29, 1.82) is 0 Å². The number of rotatable bonds is 6. The van der Waals surface area contributed by atoms with E-state index in [1.54, 1.807) is 49.6 Å². The van der Waals surface area contributed by atoms with Gasteiger partial charge in [0.25, 0.3) is 0 Å². The van der Waals surface area contributed by atoms with Gasteiger partial charge in [0.15, 0.2) is 0 Å². The number of anilines is 1. The lowest BCUT2D eigenvalue weighted by atomic mass is 9.98. The van der Waals surface area contributed by atoms with E-state index in [1.165, 1.54) is 11.4 Å². The van der Waals surface area contributed by atoms with Gasteiger partial charge in [-0.25, -0.2) is 8.42 Å². The Hall–Kier alpha value is -2.58. The average Bonchev–Trinajstić information content (AvgIpc) is 2.74. The maximum absolute atomic E-state index is 13.0. The SMILES string of the molecule is COc1ccc(OC)c(NC(=O)[C@H]2CCCN(S(=O)(=O)c3ccc(C)cc3)C2)c1. The first kappa shape index (κ1) is 21.1. The van der Waals surface area contributed by atoms with Gasteiger partial charge in [-0.2, -0.15) is 4.31 Å². The smallest absolute Gasteiger partial charge is 0.243 e. The zero-order chi connectivity index (χ0) is 21.0. The van der Waals surface area contributed by atoms with Gasteiger partial charge in [0, 0.05) is 19.2 Å². The molecular formula is C21H26N2O5S. The van der Waals surface area contributed by atoms with Gasteiger partial charge in [-0.3, -0.25) is 4.79 Å². The van der Waals surface area contributed by atoms with Crippen molar-refractivity contribution in [3.8, 4) is 11.5 Å². The van der Waals surface area contributed by atoms with Crippen LogP contribution in [-0.4, -0.2) is 45.9 Å². The van der Waals surface area contributed by atoms with Gasteiger partial charge in [0.1, 0.15) is 11.5 Å². The minimum atomic E-state index is -3.63. The van der Waals surface area contributed by atoms with Crippen LogP contribution in [0.25, 0.3) is 0 Å². The second kappa shape index (κ2) is 8.84. The fourth-order valence-corrected chi connectivity index (χ4v) is 4.90. The number of benzene rings is 2.